The average molecular weight is 173 g/mol. The minimum Gasteiger partial charge on any atom is -0.465 e. The normalized spacial score (nSPS) is 13.1. The van der Waals surface area contributed by atoms with Crippen molar-refractivity contribution >= 4 is 5.97 Å². The zero-order valence-corrected chi connectivity index (χ0v) is 8.17. The number of hydrogen-bond acceptors (Lipinski definition) is 3. The van der Waals surface area contributed by atoms with Crippen LogP contribution < -0.4 is 5.73 Å². The van der Waals surface area contributed by atoms with E-state index in [1.54, 1.807) is 0 Å². The first kappa shape index (κ1) is 11.4. The molecule has 3 heteroatoms. The Labute approximate surface area is 74.3 Å². The number of carbonyl (C=O) groups is 1. The summed E-state index contributed by atoms with van der Waals surface area (Å²) < 4.78 is 5.03. The molecule has 0 aliphatic heterocycles. The molecule has 3 nitrogen and oxygen atoms in total. The van der Waals surface area contributed by atoms with Crippen LogP contribution >= 0.6 is 0 Å². The quantitative estimate of drug-likeness (QED) is 0.635. The molecule has 0 fully saturated rings. The minimum absolute atomic E-state index is 0.122. The highest BCUT2D eigenvalue weighted by Gasteiger charge is 2.15. The maximum Gasteiger partial charge on any atom is 0.310 e. The van der Waals surface area contributed by atoms with E-state index < -0.39 is 0 Å². The van der Waals surface area contributed by atoms with Crippen molar-refractivity contribution in [1.82, 2.24) is 0 Å². The topological polar surface area (TPSA) is 52.3 Å². The van der Waals surface area contributed by atoms with Gasteiger partial charge in [-0.2, -0.15) is 0 Å². The Bertz CT molecular complexity index is 130. The van der Waals surface area contributed by atoms with E-state index in [2.05, 4.69) is 0 Å². The van der Waals surface area contributed by atoms with Crippen molar-refractivity contribution in [1.29, 1.82) is 0 Å². The Morgan fingerprint density at radius 3 is 2.42 bits per heavy atom. The molecule has 0 bridgehead atoms. The van der Waals surface area contributed by atoms with Crippen molar-refractivity contribution in [2.24, 2.45) is 17.6 Å². The van der Waals surface area contributed by atoms with Crippen LogP contribution in [0.1, 0.15) is 27.2 Å². The second-order valence-electron chi connectivity index (χ2n) is 3.36. The molecule has 0 aromatic carbocycles. The van der Waals surface area contributed by atoms with Gasteiger partial charge in [-0.15, -0.1) is 0 Å². The molecule has 0 heterocycles. The molecule has 0 spiro atoms. The lowest BCUT2D eigenvalue weighted by Crippen LogP contribution is -2.26. The van der Waals surface area contributed by atoms with Gasteiger partial charge in [0, 0.05) is 6.54 Å². The summed E-state index contributed by atoms with van der Waals surface area (Å²) in [4.78, 5) is 11.2. The molecule has 0 amide bonds. The standard InChI is InChI=1S/C9H19NO2/c1-4-8(5-10)9(11)12-6-7(2)3/h7-8H,4-6,10H2,1-3H3. The van der Waals surface area contributed by atoms with Crippen LogP contribution in [0.5, 0.6) is 0 Å². The van der Waals surface area contributed by atoms with Crippen LogP contribution in [0.3, 0.4) is 0 Å². The van der Waals surface area contributed by atoms with Crippen molar-refractivity contribution in [2.45, 2.75) is 27.2 Å². The van der Waals surface area contributed by atoms with Gasteiger partial charge in [-0.25, -0.2) is 0 Å². The molecule has 12 heavy (non-hydrogen) atoms. The predicted octanol–water partition coefficient (Wildman–Crippen LogP) is 1.17. The number of rotatable bonds is 5. The monoisotopic (exact) mass is 173 g/mol. The van der Waals surface area contributed by atoms with Gasteiger partial charge in [0.05, 0.1) is 12.5 Å². The molecule has 0 aromatic heterocycles. The predicted molar refractivity (Wildman–Crippen MR) is 48.6 cm³/mol. The molecule has 0 aromatic rings. The second-order valence-corrected chi connectivity index (χ2v) is 3.36. The number of hydrogen-bond donors (Lipinski definition) is 1. The van der Waals surface area contributed by atoms with Gasteiger partial charge in [0.1, 0.15) is 0 Å². The molecule has 72 valence electrons. The Kier molecular flexibility index (Phi) is 5.72. The summed E-state index contributed by atoms with van der Waals surface area (Å²) in [5.74, 6) is 0.113. The SMILES string of the molecule is CCC(CN)C(=O)OCC(C)C. The van der Waals surface area contributed by atoms with Crippen LogP contribution in [-0.4, -0.2) is 19.1 Å². The Hall–Kier alpha value is -0.570. The van der Waals surface area contributed by atoms with Crippen LogP contribution in [0.2, 0.25) is 0 Å². The van der Waals surface area contributed by atoms with Gasteiger partial charge in [-0.1, -0.05) is 20.8 Å². The maximum absolute atomic E-state index is 11.2. The third-order valence-electron chi connectivity index (χ3n) is 1.67. The van der Waals surface area contributed by atoms with E-state index in [9.17, 15) is 4.79 Å². The first-order chi connectivity index (χ1) is 5.61. The van der Waals surface area contributed by atoms with Crippen LogP contribution in [0.15, 0.2) is 0 Å². The highest BCUT2D eigenvalue weighted by atomic mass is 16.5. The maximum atomic E-state index is 11.2. The molecule has 0 saturated carbocycles. The number of ether oxygens (including phenoxy) is 1. The van der Waals surface area contributed by atoms with E-state index in [0.717, 1.165) is 6.42 Å². The molecule has 0 rings (SSSR count). The third-order valence-corrected chi connectivity index (χ3v) is 1.67. The molecule has 1 unspecified atom stereocenters. The number of carbonyl (C=O) groups excluding carboxylic acids is 1. The molecular formula is C9H19NO2. The minimum atomic E-state index is -0.159. The molecule has 0 aliphatic rings. The molecule has 2 N–H and O–H groups in total. The fraction of sp³-hybridized carbons (Fsp3) is 0.889. The fourth-order valence-corrected chi connectivity index (χ4v) is 0.796. The summed E-state index contributed by atoms with van der Waals surface area (Å²) in [5.41, 5.74) is 5.39. The summed E-state index contributed by atoms with van der Waals surface area (Å²) in [6.07, 6.45) is 0.757. The smallest absolute Gasteiger partial charge is 0.310 e. The van der Waals surface area contributed by atoms with E-state index >= 15 is 0 Å². The lowest BCUT2D eigenvalue weighted by molar-refractivity contribution is -0.149. The van der Waals surface area contributed by atoms with Crippen LogP contribution in [0.25, 0.3) is 0 Å². The molecule has 0 aliphatic carbocycles. The van der Waals surface area contributed by atoms with E-state index in [0.29, 0.717) is 19.1 Å². The van der Waals surface area contributed by atoms with Crippen molar-refractivity contribution in [2.75, 3.05) is 13.2 Å². The van der Waals surface area contributed by atoms with E-state index in [1.165, 1.54) is 0 Å². The van der Waals surface area contributed by atoms with Crippen LogP contribution in [0.4, 0.5) is 0 Å². The molecular weight excluding hydrogens is 154 g/mol. The van der Waals surface area contributed by atoms with Crippen molar-refractivity contribution in [3.8, 4) is 0 Å². The van der Waals surface area contributed by atoms with Crippen molar-refractivity contribution in [3.05, 3.63) is 0 Å². The van der Waals surface area contributed by atoms with E-state index in [1.807, 2.05) is 20.8 Å². The van der Waals surface area contributed by atoms with Gasteiger partial charge in [0.25, 0.3) is 0 Å². The van der Waals surface area contributed by atoms with Gasteiger partial charge in [-0.05, 0) is 12.3 Å². The first-order valence-electron chi connectivity index (χ1n) is 4.48. The highest BCUT2D eigenvalue weighted by molar-refractivity contribution is 5.72. The van der Waals surface area contributed by atoms with Crippen LogP contribution in [-0.2, 0) is 9.53 Å². The number of esters is 1. The summed E-state index contributed by atoms with van der Waals surface area (Å²) in [7, 11) is 0. The van der Waals surface area contributed by atoms with Crippen LogP contribution in [0, 0.1) is 11.8 Å². The highest BCUT2D eigenvalue weighted by Crippen LogP contribution is 2.04. The Balaban J connectivity index is 3.69. The Morgan fingerprint density at radius 2 is 2.08 bits per heavy atom. The molecule has 0 radical (unpaired) electrons. The zero-order chi connectivity index (χ0) is 9.56. The largest absolute Gasteiger partial charge is 0.465 e. The van der Waals surface area contributed by atoms with Gasteiger partial charge in [0.15, 0.2) is 0 Å². The summed E-state index contributed by atoms with van der Waals surface area (Å²) in [6.45, 7) is 6.84. The van der Waals surface area contributed by atoms with Gasteiger partial charge < -0.3 is 10.5 Å². The van der Waals surface area contributed by atoms with Crippen molar-refractivity contribution < 1.29 is 9.53 Å². The Morgan fingerprint density at radius 1 is 1.50 bits per heavy atom. The molecule has 1 atom stereocenters. The lowest BCUT2D eigenvalue weighted by Gasteiger charge is -2.12. The van der Waals surface area contributed by atoms with Gasteiger partial charge in [0.2, 0.25) is 0 Å². The first-order valence-corrected chi connectivity index (χ1v) is 4.48. The summed E-state index contributed by atoms with van der Waals surface area (Å²) in [5, 5.41) is 0. The van der Waals surface area contributed by atoms with Gasteiger partial charge in [-0.3, -0.25) is 4.79 Å². The average Bonchev–Trinajstić information content (AvgIpc) is 2.03. The summed E-state index contributed by atoms with van der Waals surface area (Å²) in [6, 6.07) is 0. The number of nitrogens with two attached hydrogens (primary N) is 1. The van der Waals surface area contributed by atoms with Crippen molar-refractivity contribution in [3.63, 3.8) is 0 Å². The molecule has 0 saturated heterocycles. The fourth-order valence-electron chi connectivity index (χ4n) is 0.796. The van der Waals surface area contributed by atoms with E-state index in [-0.39, 0.29) is 11.9 Å². The van der Waals surface area contributed by atoms with Gasteiger partial charge >= 0.3 is 5.97 Å². The third kappa shape index (κ3) is 4.34. The second kappa shape index (κ2) is 6.00. The van der Waals surface area contributed by atoms with E-state index in [4.69, 9.17) is 10.5 Å². The lowest BCUT2D eigenvalue weighted by atomic mass is 10.1. The summed E-state index contributed by atoms with van der Waals surface area (Å²) >= 11 is 0. The zero-order valence-electron chi connectivity index (χ0n) is 8.17.